The number of allylic oxidation sites excluding steroid dienone is 2. The Labute approximate surface area is 256 Å². The fourth-order valence-electron chi connectivity index (χ4n) is 10.4. The lowest BCUT2D eigenvalue weighted by Gasteiger charge is -2.60. The molecule has 11 atom stereocenters. The highest BCUT2D eigenvalue weighted by atomic mass is 16.7. The molecule has 0 bridgehead atoms. The monoisotopic (exact) mass is 602 g/mol. The highest BCUT2D eigenvalue weighted by Crippen LogP contribution is 2.72. The van der Waals surface area contributed by atoms with Crippen molar-refractivity contribution in [3.05, 3.63) is 23.3 Å². The maximum Gasteiger partial charge on any atom is 0.309 e. The van der Waals surface area contributed by atoms with E-state index in [4.69, 9.17) is 9.47 Å². The lowest BCUT2D eigenvalue weighted by atomic mass is 9.43. The molecule has 43 heavy (non-hydrogen) atoms. The van der Waals surface area contributed by atoms with Crippen LogP contribution >= 0.6 is 0 Å². The Bertz CT molecular complexity index is 1170. The number of ether oxygens (including phenoxy) is 2. The maximum absolute atomic E-state index is 14.0. The van der Waals surface area contributed by atoms with Crippen LogP contribution in [0.1, 0.15) is 106 Å². The van der Waals surface area contributed by atoms with Gasteiger partial charge in [-0.2, -0.15) is 0 Å². The van der Waals surface area contributed by atoms with Crippen LogP contribution in [0.5, 0.6) is 0 Å². The second kappa shape index (κ2) is 11.3. The van der Waals surface area contributed by atoms with Gasteiger partial charge >= 0.3 is 5.97 Å². The summed E-state index contributed by atoms with van der Waals surface area (Å²) < 4.78 is 10.9. The predicted octanol–water partition coefficient (Wildman–Crippen LogP) is 4.62. The Morgan fingerprint density at radius 2 is 1.70 bits per heavy atom. The summed E-state index contributed by atoms with van der Waals surface area (Å²) in [6.07, 6.45) is 1.50. The van der Waals surface area contributed by atoms with E-state index in [2.05, 4.69) is 41.2 Å². The van der Waals surface area contributed by atoms with Crippen molar-refractivity contribution < 1.29 is 39.5 Å². The molecule has 0 aromatic carbocycles. The minimum atomic E-state index is -1.53. The number of ketones is 1. The van der Waals surface area contributed by atoms with Crippen molar-refractivity contribution in [3.63, 3.8) is 0 Å². The first-order valence-electron chi connectivity index (χ1n) is 16.4. The molecule has 1 aliphatic heterocycles. The number of hydrogen-bond donors (Lipinski definition) is 4. The smallest absolute Gasteiger partial charge is 0.309 e. The molecule has 0 radical (unpaired) electrons. The van der Waals surface area contributed by atoms with E-state index in [-0.39, 0.29) is 34.2 Å². The summed E-state index contributed by atoms with van der Waals surface area (Å²) in [6, 6.07) is 0. The molecule has 0 spiro atoms. The van der Waals surface area contributed by atoms with Gasteiger partial charge < -0.3 is 29.9 Å². The van der Waals surface area contributed by atoms with Crippen molar-refractivity contribution in [1.29, 1.82) is 0 Å². The number of carbonyl (C=O) groups excluding carboxylic acids is 2. The lowest BCUT2D eigenvalue weighted by Crippen LogP contribution is -2.56. The van der Waals surface area contributed by atoms with Crippen molar-refractivity contribution in [2.75, 3.05) is 6.61 Å². The molecule has 3 fully saturated rings. The van der Waals surface area contributed by atoms with E-state index < -0.39 is 42.6 Å². The molecule has 4 aliphatic carbocycles. The van der Waals surface area contributed by atoms with Gasteiger partial charge in [0.2, 0.25) is 0 Å². The molecule has 0 unspecified atom stereocenters. The van der Waals surface area contributed by atoms with E-state index in [1.54, 1.807) is 12.5 Å². The molecule has 8 heteroatoms. The summed E-state index contributed by atoms with van der Waals surface area (Å²) in [5.41, 5.74) is 3.10. The molecule has 242 valence electrons. The zero-order chi connectivity index (χ0) is 31.7. The molecule has 1 saturated heterocycles. The van der Waals surface area contributed by atoms with E-state index in [1.165, 1.54) is 5.57 Å². The standard InChI is InChI=1S/C35H54O8/c1-19(2)24(36)10-8-20(30(40)43-29-28(39)25(37)18-42-31(29)41)21-12-16-35(7)23-9-11-26-32(3,4)27(38)14-15-33(26,5)22(23)13-17-34(21,35)6/h20-21,24-26,28-29,31,36-37,39,41H,1,8-18H2,2-7H3/t20-,21-,24+,25-,26+,28+,29-,31-,33-,34-,35+/m1/s1. The van der Waals surface area contributed by atoms with Gasteiger partial charge in [0.05, 0.1) is 18.6 Å². The van der Waals surface area contributed by atoms with Gasteiger partial charge in [0, 0.05) is 11.8 Å². The Morgan fingerprint density at radius 1 is 1.00 bits per heavy atom. The second-order valence-corrected chi connectivity index (χ2v) is 15.7. The van der Waals surface area contributed by atoms with E-state index >= 15 is 0 Å². The summed E-state index contributed by atoms with van der Waals surface area (Å²) in [6.45, 7) is 16.8. The zero-order valence-corrected chi connectivity index (χ0v) is 27.0. The topological polar surface area (TPSA) is 134 Å². The van der Waals surface area contributed by atoms with Crippen LogP contribution in [0.3, 0.4) is 0 Å². The first-order chi connectivity index (χ1) is 20.0. The fraction of sp³-hybridized carbons (Fsp3) is 0.829. The predicted molar refractivity (Wildman–Crippen MR) is 161 cm³/mol. The van der Waals surface area contributed by atoms with E-state index in [0.717, 1.165) is 44.9 Å². The number of rotatable bonds is 7. The van der Waals surface area contributed by atoms with Crippen molar-refractivity contribution in [2.45, 2.75) is 136 Å². The van der Waals surface area contributed by atoms with Crippen LogP contribution in [0.25, 0.3) is 0 Å². The highest BCUT2D eigenvalue weighted by molar-refractivity contribution is 5.85. The van der Waals surface area contributed by atoms with Gasteiger partial charge in [-0.15, -0.1) is 0 Å². The second-order valence-electron chi connectivity index (χ2n) is 15.7. The molecular weight excluding hydrogens is 548 g/mol. The Balaban J connectivity index is 1.47. The van der Waals surface area contributed by atoms with Crippen molar-refractivity contribution in [3.8, 4) is 0 Å². The Hall–Kier alpha value is -1.58. The number of esters is 1. The Morgan fingerprint density at radius 3 is 2.37 bits per heavy atom. The third-order valence-electron chi connectivity index (χ3n) is 13.4. The average Bonchev–Trinajstić information content (AvgIpc) is 3.22. The SMILES string of the molecule is C=C(C)[C@@H](O)CC[C@@H](C(=O)O[C@@H]1[C@@H](O)[C@H](O)CO[C@H]1O)[C@H]1CC[C@@]2(C)C3=C(CC[C@]12C)[C@@]1(C)CCC(=O)C(C)(C)[C@@H]1CC3. The molecular formula is C35H54O8. The third kappa shape index (κ3) is 5.08. The summed E-state index contributed by atoms with van der Waals surface area (Å²) in [5, 5.41) is 41.6. The molecule has 5 aliphatic rings. The number of carbonyl (C=O) groups is 2. The van der Waals surface area contributed by atoms with Crippen LogP contribution in [-0.4, -0.2) is 69.5 Å². The first kappa shape index (κ1) is 32.8. The van der Waals surface area contributed by atoms with Crippen molar-refractivity contribution in [1.82, 2.24) is 0 Å². The third-order valence-corrected chi connectivity index (χ3v) is 13.4. The molecule has 5 rings (SSSR count). The number of hydrogen-bond acceptors (Lipinski definition) is 8. The quantitative estimate of drug-likeness (QED) is 0.245. The van der Waals surface area contributed by atoms with Gasteiger partial charge in [-0.1, -0.05) is 57.9 Å². The average molecular weight is 603 g/mol. The minimum Gasteiger partial charge on any atom is -0.454 e. The largest absolute Gasteiger partial charge is 0.454 e. The van der Waals surface area contributed by atoms with Gasteiger partial charge in [0.1, 0.15) is 18.0 Å². The normalized spacial score (nSPS) is 43.7. The summed E-state index contributed by atoms with van der Waals surface area (Å²) in [7, 11) is 0. The molecule has 4 N–H and O–H groups in total. The number of fused-ring (bicyclic) bond motifs is 4. The van der Waals surface area contributed by atoms with E-state index in [9.17, 15) is 30.0 Å². The molecule has 2 saturated carbocycles. The number of aliphatic hydroxyl groups is 4. The molecule has 0 aromatic heterocycles. The van der Waals surface area contributed by atoms with Gasteiger partial charge in [-0.25, -0.2) is 0 Å². The van der Waals surface area contributed by atoms with E-state index in [0.29, 0.717) is 36.5 Å². The van der Waals surface area contributed by atoms with Crippen LogP contribution in [0.4, 0.5) is 0 Å². The summed E-state index contributed by atoms with van der Waals surface area (Å²) >= 11 is 0. The summed E-state index contributed by atoms with van der Waals surface area (Å²) in [4.78, 5) is 27.0. The number of aliphatic hydroxyl groups excluding tert-OH is 4. The molecule has 8 nitrogen and oxygen atoms in total. The first-order valence-corrected chi connectivity index (χ1v) is 16.4. The molecule has 0 amide bonds. The van der Waals surface area contributed by atoms with Gasteiger partial charge in [0.25, 0.3) is 0 Å². The van der Waals surface area contributed by atoms with Crippen LogP contribution in [-0.2, 0) is 19.1 Å². The summed E-state index contributed by atoms with van der Waals surface area (Å²) in [5.74, 6) is -0.415. The molecule has 1 heterocycles. The lowest BCUT2D eigenvalue weighted by molar-refractivity contribution is -0.262. The maximum atomic E-state index is 14.0. The van der Waals surface area contributed by atoms with E-state index in [1.807, 2.05) is 0 Å². The number of Topliss-reactive ketones (excluding diaryl/α,β-unsaturated/α-hetero) is 1. The van der Waals surface area contributed by atoms with Gasteiger partial charge in [-0.3, -0.25) is 9.59 Å². The van der Waals surface area contributed by atoms with Crippen LogP contribution in [0.2, 0.25) is 0 Å². The van der Waals surface area contributed by atoms with Crippen molar-refractivity contribution in [2.24, 2.45) is 39.4 Å². The van der Waals surface area contributed by atoms with Crippen LogP contribution in [0, 0.1) is 39.4 Å². The van der Waals surface area contributed by atoms with Gasteiger partial charge in [-0.05, 0) is 92.8 Å². The van der Waals surface area contributed by atoms with Gasteiger partial charge in [0.15, 0.2) is 12.4 Å². The molecule has 0 aromatic rings. The van der Waals surface area contributed by atoms with Crippen LogP contribution < -0.4 is 0 Å². The fourth-order valence-corrected chi connectivity index (χ4v) is 10.4. The minimum absolute atomic E-state index is 0.00540. The Kier molecular flexibility index (Phi) is 8.65. The van der Waals surface area contributed by atoms with Crippen LogP contribution in [0.15, 0.2) is 23.3 Å². The van der Waals surface area contributed by atoms with Crippen molar-refractivity contribution >= 4 is 11.8 Å². The highest BCUT2D eigenvalue weighted by Gasteiger charge is 2.64. The zero-order valence-electron chi connectivity index (χ0n) is 27.0.